The van der Waals surface area contributed by atoms with Gasteiger partial charge in [-0.15, -0.1) is 0 Å². The largest absolute Gasteiger partial charge is 0.396 e. The molecule has 1 aromatic rings. The predicted octanol–water partition coefficient (Wildman–Crippen LogP) is 0.880. The summed E-state index contributed by atoms with van der Waals surface area (Å²) in [4.78, 5) is 13.7. The van der Waals surface area contributed by atoms with Gasteiger partial charge in [0.15, 0.2) is 0 Å². The Balaban J connectivity index is 1.67. The quantitative estimate of drug-likeness (QED) is 0.834. The summed E-state index contributed by atoms with van der Waals surface area (Å²) in [6.45, 7) is 2.76. The van der Waals surface area contributed by atoms with E-state index in [1.54, 1.807) is 0 Å². The van der Waals surface area contributed by atoms with Crippen molar-refractivity contribution in [3.8, 4) is 0 Å². The lowest BCUT2D eigenvalue weighted by molar-refractivity contribution is -0.124. The van der Waals surface area contributed by atoms with Crippen molar-refractivity contribution in [1.29, 1.82) is 0 Å². The average Bonchev–Trinajstić information content (AvgIpc) is 2.32. The number of likely N-dealkylation sites (tertiary alicyclic amines) is 1. The van der Waals surface area contributed by atoms with Gasteiger partial charge in [0.2, 0.25) is 5.91 Å². The molecule has 1 saturated heterocycles. The Morgan fingerprint density at radius 1 is 1.39 bits per heavy atom. The monoisotopic (exact) mass is 268 g/mol. The van der Waals surface area contributed by atoms with Crippen LogP contribution in [-0.4, -0.2) is 42.2 Å². The summed E-state index contributed by atoms with van der Waals surface area (Å²) >= 11 is 5.78. The molecule has 0 saturated carbocycles. The number of hydrogen-bond donors (Lipinski definition) is 2. The van der Waals surface area contributed by atoms with E-state index in [0.29, 0.717) is 24.0 Å². The van der Waals surface area contributed by atoms with Crippen LogP contribution in [0.3, 0.4) is 0 Å². The van der Waals surface area contributed by atoms with Crippen molar-refractivity contribution in [2.75, 3.05) is 26.2 Å². The molecule has 0 bridgehead atoms. The van der Waals surface area contributed by atoms with Gasteiger partial charge in [-0.1, -0.05) is 23.7 Å². The second-order valence-corrected chi connectivity index (χ2v) is 5.08. The number of halogens is 1. The Hall–Kier alpha value is -1.10. The molecular weight excluding hydrogens is 252 g/mol. The molecule has 4 nitrogen and oxygen atoms in total. The standard InChI is InChI=1S/C13H17ClN2O2/c14-12-3-1-10(2-4-12)5-15-13(18)8-16-6-11(7-16)9-17/h1-4,11,17H,5-9H2,(H,15,18). The third kappa shape index (κ3) is 3.70. The van der Waals surface area contributed by atoms with Crippen LogP contribution >= 0.6 is 11.6 Å². The molecule has 0 radical (unpaired) electrons. The first-order valence-electron chi connectivity index (χ1n) is 6.01. The highest BCUT2D eigenvalue weighted by molar-refractivity contribution is 6.30. The summed E-state index contributed by atoms with van der Waals surface area (Å²) in [6, 6.07) is 7.41. The van der Waals surface area contributed by atoms with E-state index in [9.17, 15) is 4.79 Å². The third-order valence-electron chi connectivity index (χ3n) is 3.06. The Bertz CT molecular complexity index is 402. The Morgan fingerprint density at radius 2 is 2.06 bits per heavy atom. The Labute approximate surface area is 112 Å². The molecule has 18 heavy (non-hydrogen) atoms. The summed E-state index contributed by atoms with van der Waals surface area (Å²) in [5, 5.41) is 12.4. The van der Waals surface area contributed by atoms with Crippen LogP contribution < -0.4 is 5.32 Å². The highest BCUT2D eigenvalue weighted by Crippen LogP contribution is 2.13. The molecule has 1 amide bonds. The first-order valence-corrected chi connectivity index (χ1v) is 6.39. The van der Waals surface area contributed by atoms with Crippen molar-refractivity contribution in [1.82, 2.24) is 10.2 Å². The van der Waals surface area contributed by atoms with Crippen LogP contribution in [0.15, 0.2) is 24.3 Å². The maximum Gasteiger partial charge on any atom is 0.234 e. The Morgan fingerprint density at radius 3 is 2.67 bits per heavy atom. The maximum atomic E-state index is 11.6. The fraction of sp³-hybridized carbons (Fsp3) is 0.462. The van der Waals surface area contributed by atoms with E-state index in [1.807, 2.05) is 29.2 Å². The number of rotatable bonds is 5. The van der Waals surface area contributed by atoms with E-state index in [4.69, 9.17) is 16.7 Å². The van der Waals surface area contributed by atoms with E-state index >= 15 is 0 Å². The molecule has 1 aliphatic heterocycles. The van der Waals surface area contributed by atoms with Crippen LogP contribution in [0.4, 0.5) is 0 Å². The van der Waals surface area contributed by atoms with Crippen molar-refractivity contribution >= 4 is 17.5 Å². The highest BCUT2D eigenvalue weighted by Gasteiger charge is 2.26. The molecule has 5 heteroatoms. The van der Waals surface area contributed by atoms with Gasteiger partial charge in [-0.2, -0.15) is 0 Å². The SMILES string of the molecule is O=C(CN1CC(CO)C1)NCc1ccc(Cl)cc1. The van der Waals surface area contributed by atoms with Gasteiger partial charge >= 0.3 is 0 Å². The van der Waals surface area contributed by atoms with Crippen LogP contribution in [0.2, 0.25) is 5.02 Å². The van der Waals surface area contributed by atoms with Gasteiger partial charge in [-0.3, -0.25) is 9.69 Å². The van der Waals surface area contributed by atoms with Gasteiger partial charge in [-0.25, -0.2) is 0 Å². The topological polar surface area (TPSA) is 52.6 Å². The minimum atomic E-state index is 0.0151. The fourth-order valence-electron chi connectivity index (χ4n) is 1.98. The highest BCUT2D eigenvalue weighted by atomic mass is 35.5. The molecule has 2 N–H and O–H groups in total. The zero-order valence-electron chi connectivity index (χ0n) is 10.1. The molecule has 1 heterocycles. The molecular formula is C13H17ClN2O2. The van der Waals surface area contributed by atoms with Crippen LogP contribution in [0.5, 0.6) is 0 Å². The first-order chi connectivity index (χ1) is 8.67. The van der Waals surface area contributed by atoms with Crippen molar-refractivity contribution in [3.05, 3.63) is 34.9 Å². The molecule has 0 unspecified atom stereocenters. The number of hydrogen-bond acceptors (Lipinski definition) is 3. The third-order valence-corrected chi connectivity index (χ3v) is 3.31. The number of carbonyl (C=O) groups excluding carboxylic acids is 1. The Kier molecular flexibility index (Phi) is 4.58. The van der Waals surface area contributed by atoms with Gasteiger partial charge in [0.25, 0.3) is 0 Å². The van der Waals surface area contributed by atoms with Gasteiger partial charge in [0, 0.05) is 37.2 Å². The number of nitrogens with one attached hydrogen (secondary N) is 1. The lowest BCUT2D eigenvalue weighted by atomic mass is 10.0. The van der Waals surface area contributed by atoms with Crippen molar-refractivity contribution in [3.63, 3.8) is 0 Å². The molecule has 0 aromatic heterocycles. The number of aliphatic hydroxyl groups is 1. The molecule has 0 aliphatic carbocycles. The summed E-state index contributed by atoms with van der Waals surface area (Å²) in [5.41, 5.74) is 1.03. The van der Waals surface area contributed by atoms with Gasteiger partial charge in [-0.05, 0) is 17.7 Å². The smallest absolute Gasteiger partial charge is 0.234 e. The summed E-state index contributed by atoms with van der Waals surface area (Å²) in [7, 11) is 0. The van der Waals surface area contributed by atoms with Crippen LogP contribution in [0, 0.1) is 5.92 Å². The van der Waals surface area contributed by atoms with Gasteiger partial charge in [0.05, 0.1) is 6.54 Å². The summed E-state index contributed by atoms with van der Waals surface area (Å²) < 4.78 is 0. The van der Waals surface area contributed by atoms with Crippen molar-refractivity contribution < 1.29 is 9.90 Å². The van der Waals surface area contributed by atoms with E-state index < -0.39 is 0 Å². The lowest BCUT2D eigenvalue weighted by Crippen LogP contribution is -2.51. The van der Waals surface area contributed by atoms with E-state index in [2.05, 4.69) is 5.32 Å². The predicted molar refractivity (Wildman–Crippen MR) is 70.3 cm³/mol. The van der Waals surface area contributed by atoms with Crippen LogP contribution in [-0.2, 0) is 11.3 Å². The summed E-state index contributed by atoms with van der Waals surface area (Å²) in [6.07, 6.45) is 0. The molecule has 2 rings (SSSR count). The maximum absolute atomic E-state index is 11.6. The second-order valence-electron chi connectivity index (χ2n) is 4.65. The zero-order valence-corrected chi connectivity index (χ0v) is 10.9. The number of carbonyl (C=O) groups is 1. The van der Waals surface area contributed by atoms with Crippen LogP contribution in [0.1, 0.15) is 5.56 Å². The number of nitrogens with zero attached hydrogens (tertiary/aromatic N) is 1. The molecule has 0 atom stereocenters. The number of aliphatic hydroxyl groups excluding tert-OH is 1. The van der Waals surface area contributed by atoms with Crippen molar-refractivity contribution in [2.45, 2.75) is 6.54 Å². The number of amides is 1. The van der Waals surface area contributed by atoms with E-state index in [-0.39, 0.29) is 12.5 Å². The van der Waals surface area contributed by atoms with Crippen molar-refractivity contribution in [2.24, 2.45) is 5.92 Å². The van der Waals surface area contributed by atoms with Gasteiger partial charge < -0.3 is 10.4 Å². The second kappa shape index (κ2) is 6.18. The van der Waals surface area contributed by atoms with E-state index in [0.717, 1.165) is 18.7 Å². The normalized spacial score (nSPS) is 16.3. The molecule has 1 aliphatic rings. The van der Waals surface area contributed by atoms with E-state index in [1.165, 1.54) is 0 Å². The lowest BCUT2D eigenvalue weighted by Gasteiger charge is -2.37. The van der Waals surface area contributed by atoms with Crippen LogP contribution in [0.25, 0.3) is 0 Å². The average molecular weight is 269 g/mol. The molecule has 0 spiro atoms. The molecule has 98 valence electrons. The molecule has 1 aromatic carbocycles. The molecule has 1 fully saturated rings. The van der Waals surface area contributed by atoms with Gasteiger partial charge in [0.1, 0.15) is 0 Å². The fourth-order valence-corrected chi connectivity index (χ4v) is 2.11. The summed E-state index contributed by atoms with van der Waals surface area (Å²) in [5.74, 6) is 0.357. The zero-order chi connectivity index (χ0) is 13.0. The minimum absolute atomic E-state index is 0.0151. The minimum Gasteiger partial charge on any atom is -0.396 e. The number of benzene rings is 1. The first kappa shape index (κ1) is 13.3.